The second kappa shape index (κ2) is 7.63. The molecule has 0 aliphatic carbocycles. The van der Waals surface area contributed by atoms with Crippen LogP contribution in [0.4, 0.5) is 0 Å². The fourth-order valence-corrected chi connectivity index (χ4v) is 4.62. The van der Waals surface area contributed by atoms with Gasteiger partial charge in [0.15, 0.2) is 11.3 Å². The molecule has 3 aromatic heterocycles. The number of hydrogen-bond acceptors (Lipinski definition) is 4. The predicted molar refractivity (Wildman–Crippen MR) is 136 cm³/mol. The minimum Gasteiger partial charge on any atom is -0.304 e. The summed E-state index contributed by atoms with van der Waals surface area (Å²) >= 11 is 0. The Morgan fingerprint density at radius 1 is 0.765 bits per heavy atom. The molecular weight excluding hydrogens is 422 g/mol. The van der Waals surface area contributed by atoms with E-state index in [-0.39, 0.29) is 5.56 Å². The molecule has 0 amide bonds. The van der Waals surface area contributed by atoms with E-state index in [1.54, 1.807) is 4.57 Å². The Hall–Kier alpha value is -4.32. The van der Waals surface area contributed by atoms with Crippen LogP contribution < -0.4 is 5.56 Å². The Morgan fingerprint density at radius 2 is 1.47 bits per heavy atom. The zero-order chi connectivity index (χ0) is 23.4. The Morgan fingerprint density at radius 3 is 2.24 bits per heavy atom. The topological polar surface area (TPSA) is 65.6 Å². The van der Waals surface area contributed by atoms with Gasteiger partial charge in [0, 0.05) is 0 Å². The first-order valence-corrected chi connectivity index (χ1v) is 11.3. The van der Waals surface area contributed by atoms with Crippen molar-refractivity contribution < 1.29 is 0 Å². The van der Waals surface area contributed by atoms with E-state index in [1.165, 1.54) is 0 Å². The van der Waals surface area contributed by atoms with E-state index in [1.807, 2.05) is 79.9 Å². The van der Waals surface area contributed by atoms with Gasteiger partial charge in [0.25, 0.3) is 5.56 Å². The summed E-state index contributed by atoms with van der Waals surface area (Å²) in [5.74, 6) is 0.632. The fourth-order valence-electron chi connectivity index (χ4n) is 4.62. The molecule has 6 rings (SSSR count). The van der Waals surface area contributed by atoms with Crippen molar-refractivity contribution in [1.29, 1.82) is 0 Å². The lowest BCUT2D eigenvalue weighted by atomic mass is 10.1. The molecule has 0 radical (unpaired) electrons. The molecule has 0 aliphatic heterocycles. The van der Waals surface area contributed by atoms with Gasteiger partial charge in [0.2, 0.25) is 0 Å². The van der Waals surface area contributed by atoms with Crippen LogP contribution in [0.2, 0.25) is 0 Å². The van der Waals surface area contributed by atoms with Gasteiger partial charge in [-0.3, -0.25) is 9.36 Å². The quantitative estimate of drug-likeness (QED) is 0.373. The Kier molecular flexibility index (Phi) is 4.55. The van der Waals surface area contributed by atoms with E-state index in [9.17, 15) is 4.79 Å². The van der Waals surface area contributed by atoms with E-state index in [0.29, 0.717) is 34.6 Å². The summed E-state index contributed by atoms with van der Waals surface area (Å²) in [6.45, 7) is 6.47. The molecule has 166 valence electrons. The monoisotopic (exact) mass is 445 g/mol. The van der Waals surface area contributed by atoms with Crippen LogP contribution in [-0.4, -0.2) is 24.1 Å². The summed E-state index contributed by atoms with van der Waals surface area (Å²) in [5, 5.41) is 0.496. The number of aromatic nitrogens is 5. The first kappa shape index (κ1) is 20.3. The third-order valence-electron chi connectivity index (χ3n) is 6.32. The van der Waals surface area contributed by atoms with Gasteiger partial charge in [-0.05, 0) is 55.7 Å². The van der Waals surface area contributed by atoms with Gasteiger partial charge in [-0.15, -0.1) is 0 Å². The third-order valence-corrected chi connectivity index (χ3v) is 6.32. The number of nitrogens with zero attached hydrogens (tertiary/aromatic N) is 5. The van der Waals surface area contributed by atoms with E-state index in [2.05, 4.69) is 18.2 Å². The van der Waals surface area contributed by atoms with Crippen molar-refractivity contribution >= 4 is 33.2 Å². The van der Waals surface area contributed by atoms with Crippen molar-refractivity contribution in [2.45, 2.75) is 27.3 Å². The van der Waals surface area contributed by atoms with Crippen molar-refractivity contribution in [2.75, 3.05) is 0 Å². The number of rotatable bonds is 3. The maximum absolute atomic E-state index is 14.1. The molecule has 0 saturated carbocycles. The molecule has 0 saturated heterocycles. The van der Waals surface area contributed by atoms with Gasteiger partial charge in [0.05, 0.1) is 23.3 Å². The molecule has 3 aromatic carbocycles. The van der Waals surface area contributed by atoms with Gasteiger partial charge in [-0.2, -0.15) is 0 Å². The van der Waals surface area contributed by atoms with E-state index in [0.717, 1.165) is 33.4 Å². The molecule has 0 fully saturated rings. The second-order valence-corrected chi connectivity index (χ2v) is 8.74. The standard InChI is InChI=1S/C28H23N5O/c1-17-13-14-18(2)23(15-17)33-19(3)29-26-24(28(33)34)25-27(31-22-12-8-7-11-21(22)30-25)32(26)16-20-9-5-4-6-10-20/h4-15H,16H2,1-3H3. The lowest BCUT2D eigenvalue weighted by molar-refractivity contribution is 0.821. The highest BCUT2D eigenvalue weighted by Crippen LogP contribution is 2.27. The largest absolute Gasteiger partial charge is 0.304 e. The van der Waals surface area contributed by atoms with E-state index >= 15 is 0 Å². The summed E-state index contributed by atoms with van der Waals surface area (Å²) < 4.78 is 3.72. The minimum absolute atomic E-state index is 0.127. The summed E-state index contributed by atoms with van der Waals surface area (Å²) in [6, 6.07) is 24.0. The van der Waals surface area contributed by atoms with Crippen molar-refractivity contribution in [1.82, 2.24) is 24.1 Å². The van der Waals surface area contributed by atoms with Gasteiger partial charge < -0.3 is 4.57 Å². The molecule has 6 heteroatoms. The highest BCUT2D eigenvalue weighted by Gasteiger charge is 2.22. The van der Waals surface area contributed by atoms with Gasteiger partial charge >= 0.3 is 0 Å². The van der Waals surface area contributed by atoms with Crippen LogP contribution in [0.15, 0.2) is 77.6 Å². The fraction of sp³-hybridized carbons (Fsp3) is 0.143. The molecule has 34 heavy (non-hydrogen) atoms. The zero-order valence-corrected chi connectivity index (χ0v) is 19.3. The van der Waals surface area contributed by atoms with Crippen LogP contribution in [0, 0.1) is 20.8 Å². The highest BCUT2D eigenvalue weighted by molar-refractivity contribution is 6.04. The number of fused-ring (bicyclic) bond motifs is 4. The minimum atomic E-state index is -0.127. The normalized spacial score (nSPS) is 11.6. The van der Waals surface area contributed by atoms with Crippen LogP contribution in [0.3, 0.4) is 0 Å². The zero-order valence-electron chi connectivity index (χ0n) is 19.3. The van der Waals surface area contributed by atoms with Crippen LogP contribution >= 0.6 is 0 Å². The Bertz CT molecular complexity index is 1780. The molecular formula is C28H23N5O. The molecule has 3 heterocycles. The number of hydrogen-bond donors (Lipinski definition) is 0. The summed E-state index contributed by atoms with van der Waals surface area (Å²) in [4.78, 5) is 28.8. The SMILES string of the molecule is Cc1ccc(C)c(-n2c(C)nc3c(c2=O)c2nc4ccccc4nc2n3Cc2ccccc2)c1. The van der Waals surface area contributed by atoms with Crippen LogP contribution in [0.25, 0.3) is 38.9 Å². The summed E-state index contributed by atoms with van der Waals surface area (Å²) in [5.41, 5.74) is 7.33. The van der Waals surface area contributed by atoms with E-state index < -0.39 is 0 Å². The first-order valence-electron chi connectivity index (χ1n) is 11.3. The number of benzene rings is 3. The summed E-state index contributed by atoms with van der Waals surface area (Å²) in [7, 11) is 0. The van der Waals surface area contributed by atoms with Crippen LogP contribution in [0.1, 0.15) is 22.5 Å². The molecule has 0 spiro atoms. The van der Waals surface area contributed by atoms with Crippen molar-refractivity contribution in [3.63, 3.8) is 0 Å². The maximum atomic E-state index is 14.1. The average molecular weight is 446 g/mol. The molecule has 0 bridgehead atoms. The number of aryl methyl sites for hydroxylation is 3. The smallest absolute Gasteiger partial charge is 0.269 e. The van der Waals surface area contributed by atoms with Gasteiger partial charge in [-0.1, -0.05) is 54.6 Å². The van der Waals surface area contributed by atoms with Crippen LogP contribution in [-0.2, 0) is 6.54 Å². The van der Waals surface area contributed by atoms with Crippen LogP contribution in [0.5, 0.6) is 0 Å². The molecule has 6 nitrogen and oxygen atoms in total. The molecule has 0 atom stereocenters. The average Bonchev–Trinajstić information content (AvgIpc) is 3.12. The summed E-state index contributed by atoms with van der Waals surface area (Å²) in [6.07, 6.45) is 0. The lowest BCUT2D eigenvalue weighted by Crippen LogP contribution is -2.23. The molecule has 0 unspecified atom stereocenters. The van der Waals surface area contributed by atoms with Crippen molar-refractivity contribution in [3.05, 3.63) is 106 Å². The number of para-hydroxylation sites is 2. The predicted octanol–water partition coefficient (Wildman–Crippen LogP) is 5.26. The van der Waals surface area contributed by atoms with E-state index in [4.69, 9.17) is 15.0 Å². The molecule has 0 N–H and O–H groups in total. The third kappa shape index (κ3) is 3.10. The first-order chi connectivity index (χ1) is 16.5. The Labute approximate surface area is 196 Å². The van der Waals surface area contributed by atoms with Gasteiger partial charge in [-0.25, -0.2) is 15.0 Å². The Balaban J connectivity index is 1.75. The molecule has 6 aromatic rings. The lowest BCUT2D eigenvalue weighted by Gasteiger charge is -2.14. The second-order valence-electron chi connectivity index (χ2n) is 8.74. The highest BCUT2D eigenvalue weighted by atomic mass is 16.1. The van der Waals surface area contributed by atoms with Gasteiger partial charge in [0.1, 0.15) is 16.7 Å². The maximum Gasteiger partial charge on any atom is 0.269 e. The van der Waals surface area contributed by atoms with Crippen molar-refractivity contribution in [2.24, 2.45) is 0 Å². The van der Waals surface area contributed by atoms with Crippen molar-refractivity contribution in [3.8, 4) is 5.69 Å². The molecule has 0 aliphatic rings.